The molecule has 39 heavy (non-hydrogen) atoms. The Labute approximate surface area is 218 Å². The highest BCUT2D eigenvalue weighted by Crippen LogP contribution is 2.48. The van der Waals surface area contributed by atoms with Crippen LogP contribution in [-0.4, -0.2) is 69.9 Å². The van der Waals surface area contributed by atoms with Gasteiger partial charge in [-0.3, -0.25) is 14.7 Å². The van der Waals surface area contributed by atoms with Gasteiger partial charge in [-0.1, -0.05) is 24.3 Å². The Morgan fingerprint density at radius 3 is 2.03 bits per heavy atom. The average Bonchev–Trinajstić information content (AvgIpc) is 3.54. The maximum Gasteiger partial charge on any atom is 0.490 e. The molecule has 2 N–H and O–H groups in total. The maximum absolute atomic E-state index is 13.4. The molecule has 1 unspecified atom stereocenters. The Balaban J connectivity index is 0.000000251. The number of halogens is 6. The molecule has 1 spiro atoms. The van der Waals surface area contributed by atoms with Gasteiger partial charge in [-0.2, -0.15) is 26.3 Å². The molecule has 1 amide bonds. The number of rotatable bonds is 4. The topological polar surface area (TPSA) is 111 Å². The molecule has 1 aromatic carbocycles. The molecule has 0 bridgehead atoms. The number of carboxylic acid groups (broad SMARTS) is 2. The van der Waals surface area contributed by atoms with Gasteiger partial charge in [0.1, 0.15) is 0 Å². The number of anilines is 1. The van der Waals surface area contributed by atoms with E-state index in [4.69, 9.17) is 19.8 Å². The largest absolute Gasteiger partial charge is 0.490 e. The highest BCUT2D eigenvalue weighted by molar-refractivity contribution is 6.08. The Morgan fingerprint density at radius 2 is 1.51 bits per heavy atom. The zero-order valence-electron chi connectivity index (χ0n) is 20.4. The number of carboxylic acids is 2. The number of para-hydroxylation sites is 1. The highest BCUT2D eigenvalue weighted by atomic mass is 19.4. The molecule has 1 aromatic heterocycles. The van der Waals surface area contributed by atoms with Gasteiger partial charge in [0.15, 0.2) is 0 Å². The van der Waals surface area contributed by atoms with Gasteiger partial charge in [0.2, 0.25) is 5.91 Å². The maximum atomic E-state index is 13.4. The van der Waals surface area contributed by atoms with Crippen LogP contribution in [0.2, 0.25) is 0 Å². The standard InChI is InChI=1S/C21H23N3O.2C2HF3O2/c25-20-21(10-12-23(15-21)14-17-5-3-4-11-22-17)18-6-1-2-7-19(18)24(20)13-16-8-9-16;2*3-2(4,5)1(6)7/h1-7,11,16H,8-10,12-15H2;2*(H,6,7). The molecule has 2 fully saturated rings. The van der Waals surface area contributed by atoms with E-state index in [1.54, 1.807) is 0 Å². The van der Waals surface area contributed by atoms with E-state index in [0.29, 0.717) is 11.8 Å². The fourth-order valence-electron chi connectivity index (χ4n) is 4.48. The van der Waals surface area contributed by atoms with Gasteiger partial charge in [0, 0.05) is 38.1 Å². The third-order valence-electron chi connectivity index (χ3n) is 6.45. The molecule has 3 aliphatic rings. The summed E-state index contributed by atoms with van der Waals surface area (Å²) in [4.78, 5) is 40.1. The predicted molar refractivity (Wildman–Crippen MR) is 125 cm³/mol. The van der Waals surface area contributed by atoms with Crippen LogP contribution in [-0.2, 0) is 26.3 Å². The van der Waals surface area contributed by atoms with Gasteiger partial charge in [-0.05, 0) is 48.9 Å². The Morgan fingerprint density at radius 1 is 0.949 bits per heavy atom. The molecule has 1 saturated heterocycles. The van der Waals surface area contributed by atoms with Crippen molar-refractivity contribution in [3.8, 4) is 0 Å². The molecule has 5 rings (SSSR count). The van der Waals surface area contributed by atoms with Crippen LogP contribution in [0.4, 0.5) is 32.0 Å². The molecule has 14 heteroatoms. The molecule has 3 heterocycles. The SMILES string of the molecule is O=C(O)C(F)(F)F.O=C(O)C(F)(F)F.O=C1N(CC2CC2)c2ccccc2C12CCN(Cc1ccccn1)C2. The minimum absolute atomic E-state index is 0.323. The lowest BCUT2D eigenvalue weighted by molar-refractivity contribution is -0.193. The van der Waals surface area contributed by atoms with E-state index in [1.807, 2.05) is 18.3 Å². The summed E-state index contributed by atoms with van der Waals surface area (Å²) in [7, 11) is 0. The molecule has 2 aromatic rings. The lowest BCUT2D eigenvalue weighted by atomic mass is 9.81. The predicted octanol–water partition coefficient (Wildman–Crippen LogP) is 4.25. The minimum Gasteiger partial charge on any atom is -0.475 e. The first kappa shape index (κ1) is 29.9. The lowest BCUT2D eigenvalue weighted by Gasteiger charge is -2.24. The summed E-state index contributed by atoms with van der Waals surface area (Å²) >= 11 is 0. The van der Waals surface area contributed by atoms with Gasteiger partial charge < -0.3 is 15.1 Å². The monoisotopic (exact) mass is 561 g/mol. The van der Waals surface area contributed by atoms with Crippen molar-refractivity contribution < 1.29 is 50.9 Å². The van der Waals surface area contributed by atoms with Gasteiger partial charge in [-0.25, -0.2) is 9.59 Å². The summed E-state index contributed by atoms with van der Waals surface area (Å²) in [6.07, 6.45) is -4.87. The van der Waals surface area contributed by atoms with Crippen molar-refractivity contribution in [3.63, 3.8) is 0 Å². The first-order valence-corrected chi connectivity index (χ1v) is 11.8. The van der Waals surface area contributed by atoms with Crippen molar-refractivity contribution in [3.05, 3.63) is 59.9 Å². The van der Waals surface area contributed by atoms with E-state index in [9.17, 15) is 31.1 Å². The summed E-state index contributed by atoms with van der Waals surface area (Å²) in [5, 5.41) is 14.2. The summed E-state index contributed by atoms with van der Waals surface area (Å²) in [5.41, 5.74) is 3.12. The van der Waals surface area contributed by atoms with Crippen molar-refractivity contribution in [2.24, 2.45) is 5.92 Å². The molecule has 1 aliphatic carbocycles. The normalized spacial score (nSPS) is 20.6. The third-order valence-corrected chi connectivity index (χ3v) is 6.45. The van der Waals surface area contributed by atoms with Crippen LogP contribution < -0.4 is 4.90 Å². The zero-order chi connectivity index (χ0) is 29.0. The number of nitrogens with zero attached hydrogens (tertiary/aromatic N) is 3. The van der Waals surface area contributed by atoms with Crippen molar-refractivity contribution in [2.45, 2.75) is 43.6 Å². The fourth-order valence-corrected chi connectivity index (χ4v) is 4.48. The van der Waals surface area contributed by atoms with Gasteiger partial charge in [-0.15, -0.1) is 0 Å². The third kappa shape index (κ3) is 7.46. The zero-order valence-corrected chi connectivity index (χ0v) is 20.4. The molecule has 1 atom stereocenters. The molecular formula is C25H25F6N3O5. The van der Waals surface area contributed by atoms with Gasteiger partial charge in [0.25, 0.3) is 0 Å². The van der Waals surface area contributed by atoms with Crippen LogP contribution in [0.25, 0.3) is 0 Å². The molecule has 0 radical (unpaired) electrons. The van der Waals surface area contributed by atoms with E-state index < -0.39 is 24.3 Å². The Hall–Kier alpha value is -3.68. The van der Waals surface area contributed by atoms with E-state index in [0.717, 1.165) is 44.0 Å². The smallest absolute Gasteiger partial charge is 0.475 e. The van der Waals surface area contributed by atoms with Gasteiger partial charge >= 0.3 is 24.3 Å². The molecule has 1 saturated carbocycles. The Bertz CT molecular complexity index is 1160. The number of aliphatic carboxylic acids is 2. The van der Waals surface area contributed by atoms with E-state index in [1.165, 1.54) is 18.4 Å². The first-order valence-electron chi connectivity index (χ1n) is 11.8. The highest BCUT2D eigenvalue weighted by Gasteiger charge is 2.54. The number of fused-ring (bicyclic) bond motifs is 2. The van der Waals surface area contributed by atoms with Crippen molar-refractivity contribution in [1.29, 1.82) is 0 Å². The first-order chi connectivity index (χ1) is 18.1. The lowest BCUT2D eigenvalue weighted by Crippen LogP contribution is -2.43. The van der Waals surface area contributed by atoms with Crippen molar-refractivity contribution in [2.75, 3.05) is 24.5 Å². The van der Waals surface area contributed by atoms with Crippen molar-refractivity contribution in [1.82, 2.24) is 9.88 Å². The average molecular weight is 561 g/mol. The molecular weight excluding hydrogens is 536 g/mol. The molecule has 212 valence electrons. The summed E-state index contributed by atoms with van der Waals surface area (Å²) in [5.74, 6) is -4.48. The van der Waals surface area contributed by atoms with Crippen LogP contribution in [0.3, 0.4) is 0 Å². The fraction of sp³-hybridized carbons (Fsp3) is 0.440. The number of carbonyl (C=O) groups is 3. The Kier molecular flexibility index (Phi) is 8.88. The number of hydrogen-bond acceptors (Lipinski definition) is 5. The van der Waals surface area contributed by atoms with Crippen LogP contribution in [0.15, 0.2) is 48.7 Å². The number of carbonyl (C=O) groups excluding carboxylic acids is 1. The minimum atomic E-state index is -5.08. The van der Waals surface area contributed by atoms with E-state index in [-0.39, 0.29) is 5.41 Å². The van der Waals surface area contributed by atoms with Crippen LogP contribution >= 0.6 is 0 Å². The quantitative estimate of drug-likeness (QED) is 0.537. The van der Waals surface area contributed by atoms with Crippen molar-refractivity contribution >= 4 is 23.5 Å². The van der Waals surface area contributed by atoms with Crippen LogP contribution in [0.1, 0.15) is 30.5 Å². The number of amides is 1. The van der Waals surface area contributed by atoms with E-state index >= 15 is 0 Å². The van der Waals surface area contributed by atoms with Gasteiger partial charge in [0.05, 0.1) is 11.1 Å². The summed E-state index contributed by atoms with van der Waals surface area (Å²) in [6, 6.07) is 14.5. The second-order valence-corrected chi connectivity index (χ2v) is 9.35. The van der Waals surface area contributed by atoms with E-state index in [2.05, 4.69) is 45.1 Å². The molecule has 2 aliphatic heterocycles. The number of aromatic nitrogens is 1. The number of pyridine rings is 1. The number of alkyl halides is 6. The number of likely N-dealkylation sites (tertiary alicyclic amines) is 1. The van der Waals surface area contributed by atoms with Crippen LogP contribution in [0, 0.1) is 5.92 Å². The second kappa shape index (κ2) is 11.6. The van der Waals surface area contributed by atoms with Crippen LogP contribution in [0.5, 0.6) is 0 Å². The number of benzene rings is 1. The number of hydrogen-bond donors (Lipinski definition) is 2. The molecule has 8 nitrogen and oxygen atoms in total. The second-order valence-electron chi connectivity index (χ2n) is 9.35. The summed E-state index contributed by atoms with van der Waals surface area (Å²) < 4.78 is 63.5. The summed E-state index contributed by atoms with van der Waals surface area (Å²) in [6.45, 7) is 3.48.